The van der Waals surface area contributed by atoms with Crippen molar-refractivity contribution < 1.29 is 18.4 Å². The third kappa shape index (κ3) is 3.95. The summed E-state index contributed by atoms with van der Waals surface area (Å²) in [6, 6.07) is 13.4. The largest absolute Gasteiger partial charge is 0.460 e. The predicted octanol–water partition coefficient (Wildman–Crippen LogP) is 4.87. The fourth-order valence-corrected chi connectivity index (χ4v) is 3.02. The highest BCUT2D eigenvalue weighted by Crippen LogP contribution is 2.32. The Bertz CT molecular complexity index is 1210. The maximum Gasteiger partial charge on any atom is 0.376 e. The third-order valence-corrected chi connectivity index (χ3v) is 4.57. The number of carbonyl (C=O) groups is 1. The van der Waals surface area contributed by atoms with Gasteiger partial charge in [-0.3, -0.25) is 0 Å². The van der Waals surface area contributed by atoms with Gasteiger partial charge in [-0.2, -0.15) is 4.98 Å². The summed E-state index contributed by atoms with van der Waals surface area (Å²) in [4.78, 5) is 20.6. The summed E-state index contributed by atoms with van der Waals surface area (Å²) in [5.41, 5.74) is 1.73. The molecule has 9 heteroatoms. The highest BCUT2D eigenvalue weighted by molar-refractivity contribution is 6.30. The van der Waals surface area contributed by atoms with Crippen molar-refractivity contribution in [3.63, 3.8) is 0 Å². The minimum atomic E-state index is -0.696. The number of nitrogens with zero attached hydrogens (tertiary/aromatic N) is 3. The van der Waals surface area contributed by atoms with Crippen LogP contribution < -0.4 is 5.32 Å². The van der Waals surface area contributed by atoms with Gasteiger partial charge in [0.25, 0.3) is 5.71 Å². The van der Waals surface area contributed by atoms with E-state index in [1.165, 1.54) is 6.07 Å². The number of esters is 1. The molecule has 0 atom stereocenters. The molecule has 152 valence electrons. The molecular formula is C21H16ClFN4O3. The van der Waals surface area contributed by atoms with Crippen molar-refractivity contribution in [3.05, 3.63) is 70.8 Å². The quantitative estimate of drug-likeness (QED) is 0.440. The van der Waals surface area contributed by atoms with Gasteiger partial charge in [0.15, 0.2) is 0 Å². The van der Waals surface area contributed by atoms with Gasteiger partial charge in [0.1, 0.15) is 22.7 Å². The number of anilines is 1. The van der Waals surface area contributed by atoms with Crippen molar-refractivity contribution in [2.45, 2.75) is 13.5 Å². The molecule has 0 saturated heterocycles. The molecule has 0 radical (unpaired) electrons. The van der Waals surface area contributed by atoms with Gasteiger partial charge >= 0.3 is 5.97 Å². The van der Waals surface area contributed by atoms with Crippen LogP contribution in [0.3, 0.4) is 0 Å². The van der Waals surface area contributed by atoms with E-state index < -0.39 is 5.97 Å². The SMILES string of the molecule is CCOC(=O)c1nc(NCc2ccccc2F)c2c(-c3ccc(Cl)cc3)noc2n1. The van der Waals surface area contributed by atoms with E-state index in [1.807, 2.05) is 0 Å². The number of rotatable bonds is 6. The van der Waals surface area contributed by atoms with Crippen molar-refractivity contribution in [2.24, 2.45) is 0 Å². The average Bonchev–Trinajstić information content (AvgIpc) is 3.18. The van der Waals surface area contributed by atoms with Crippen molar-refractivity contribution in [3.8, 4) is 11.3 Å². The fraction of sp³-hybridized carbons (Fsp3) is 0.143. The standard InChI is InChI=1S/C21H16ClFN4O3/c1-2-29-21(28)19-25-18(24-11-13-5-3-4-6-15(13)23)16-17(27-30-20(16)26-19)12-7-9-14(22)10-8-12/h3-10H,2,11H2,1H3,(H,24,25,26). The minimum absolute atomic E-state index is 0.106. The van der Waals surface area contributed by atoms with Crippen LogP contribution in [0.2, 0.25) is 5.02 Å². The summed E-state index contributed by atoms with van der Waals surface area (Å²) in [6.45, 7) is 1.98. The maximum absolute atomic E-state index is 14.0. The summed E-state index contributed by atoms with van der Waals surface area (Å²) in [6.07, 6.45) is 0. The van der Waals surface area contributed by atoms with E-state index in [4.69, 9.17) is 20.9 Å². The number of halogens is 2. The van der Waals surface area contributed by atoms with E-state index in [0.717, 1.165) is 5.56 Å². The monoisotopic (exact) mass is 426 g/mol. The lowest BCUT2D eigenvalue weighted by Crippen LogP contribution is -2.12. The molecule has 0 bridgehead atoms. The molecule has 0 spiro atoms. The first kappa shape index (κ1) is 19.8. The number of aromatic nitrogens is 3. The summed E-state index contributed by atoms with van der Waals surface area (Å²) in [5, 5.41) is 8.19. The van der Waals surface area contributed by atoms with Gasteiger partial charge in [0.05, 0.1) is 6.61 Å². The van der Waals surface area contributed by atoms with Crippen LogP contribution >= 0.6 is 11.6 Å². The van der Waals surface area contributed by atoms with Gasteiger partial charge in [0, 0.05) is 22.7 Å². The lowest BCUT2D eigenvalue weighted by Gasteiger charge is -2.09. The Balaban J connectivity index is 1.80. The molecule has 2 aromatic heterocycles. The maximum atomic E-state index is 14.0. The Kier molecular flexibility index (Phi) is 5.58. The van der Waals surface area contributed by atoms with Crippen molar-refractivity contribution in [1.82, 2.24) is 15.1 Å². The van der Waals surface area contributed by atoms with Gasteiger partial charge in [0.2, 0.25) is 5.82 Å². The van der Waals surface area contributed by atoms with Gasteiger partial charge in [-0.25, -0.2) is 14.2 Å². The van der Waals surface area contributed by atoms with Crippen LogP contribution in [0.1, 0.15) is 23.1 Å². The molecule has 0 fully saturated rings. The molecule has 0 aliphatic rings. The molecule has 1 N–H and O–H groups in total. The molecule has 0 unspecified atom stereocenters. The lowest BCUT2D eigenvalue weighted by molar-refractivity contribution is 0.0512. The van der Waals surface area contributed by atoms with Gasteiger partial charge in [-0.15, -0.1) is 0 Å². The number of benzene rings is 2. The topological polar surface area (TPSA) is 90.1 Å². The zero-order valence-electron chi connectivity index (χ0n) is 15.9. The zero-order chi connectivity index (χ0) is 21.1. The average molecular weight is 427 g/mol. The van der Waals surface area contributed by atoms with Crippen LogP contribution in [0.5, 0.6) is 0 Å². The van der Waals surface area contributed by atoms with Crippen molar-refractivity contribution >= 4 is 34.5 Å². The molecule has 2 aromatic carbocycles. The van der Waals surface area contributed by atoms with Crippen LogP contribution in [0.25, 0.3) is 22.4 Å². The Hall–Kier alpha value is -3.52. The smallest absolute Gasteiger partial charge is 0.376 e. The summed E-state index contributed by atoms with van der Waals surface area (Å²) in [7, 11) is 0. The zero-order valence-corrected chi connectivity index (χ0v) is 16.6. The van der Waals surface area contributed by atoms with E-state index in [9.17, 15) is 9.18 Å². The molecular weight excluding hydrogens is 411 g/mol. The predicted molar refractivity (Wildman–Crippen MR) is 110 cm³/mol. The molecule has 0 amide bonds. The number of ether oxygens (including phenoxy) is 1. The lowest BCUT2D eigenvalue weighted by atomic mass is 10.1. The number of carbonyl (C=O) groups excluding carboxylic acids is 1. The van der Waals surface area contributed by atoms with Crippen LogP contribution in [0.4, 0.5) is 10.2 Å². The molecule has 4 rings (SSSR count). The summed E-state index contributed by atoms with van der Waals surface area (Å²) in [5.74, 6) is -0.960. The van der Waals surface area contributed by atoms with Crippen molar-refractivity contribution in [1.29, 1.82) is 0 Å². The van der Waals surface area contributed by atoms with E-state index in [-0.39, 0.29) is 36.3 Å². The van der Waals surface area contributed by atoms with Crippen LogP contribution in [0, 0.1) is 5.82 Å². The summed E-state index contributed by atoms with van der Waals surface area (Å²) >= 11 is 5.97. The molecule has 7 nitrogen and oxygen atoms in total. The number of nitrogens with one attached hydrogen (secondary N) is 1. The number of hydrogen-bond donors (Lipinski definition) is 1. The second-order valence-corrected chi connectivity index (χ2v) is 6.72. The van der Waals surface area contributed by atoms with E-state index in [2.05, 4.69) is 20.4 Å². The second-order valence-electron chi connectivity index (χ2n) is 6.28. The van der Waals surface area contributed by atoms with Gasteiger partial charge in [-0.05, 0) is 25.1 Å². The van der Waals surface area contributed by atoms with Crippen LogP contribution in [-0.2, 0) is 11.3 Å². The van der Waals surface area contributed by atoms with Gasteiger partial charge < -0.3 is 14.6 Å². The first-order valence-electron chi connectivity index (χ1n) is 9.14. The van der Waals surface area contributed by atoms with E-state index >= 15 is 0 Å². The van der Waals surface area contributed by atoms with E-state index in [1.54, 1.807) is 49.4 Å². The first-order valence-corrected chi connectivity index (χ1v) is 9.52. The third-order valence-electron chi connectivity index (χ3n) is 4.32. The second kappa shape index (κ2) is 8.46. The number of fused-ring (bicyclic) bond motifs is 1. The first-order chi connectivity index (χ1) is 14.6. The Morgan fingerprint density at radius 1 is 1.17 bits per heavy atom. The van der Waals surface area contributed by atoms with Crippen LogP contribution in [-0.4, -0.2) is 27.7 Å². The minimum Gasteiger partial charge on any atom is -0.460 e. The Labute approximate surface area is 175 Å². The summed E-state index contributed by atoms with van der Waals surface area (Å²) < 4.78 is 24.4. The molecule has 0 saturated carbocycles. The molecule has 0 aliphatic carbocycles. The Morgan fingerprint density at radius 3 is 2.67 bits per heavy atom. The highest BCUT2D eigenvalue weighted by atomic mass is 35.5. The normalized spacial score (nSPS) is 10.9. The molecule has 30 heavy (non-hydrogen) atoms. The number of hydrogen-bond acceptors (Lipinski definition) is 7. The van der Waals surface area contributed by atoms with Crippen molar-refractivity contribution in [2.75, 3.05) is 11.9 Å². The fourth-order valence-electron chi connectivity index (χ4n) is 2.89. The molecule has 2 heterocycles. The van der Waals surface area contributed by atoms with Gasteiger partial charge in [-0.1, -0.05) is 47.1 Å². The Morgan fingerprint density at radius 2 is 1.93 bits per heavy atom. The van der Waals surface area contributed by atoms with Crippen LogP contribution in [0.15, 0.2) is 53.1 Å². The molecule has 0 aliphatic heterocycles. The van der Waals surface area contributed by atoms with E-state index in [0.29, 0.717) is 21.7 Å². The molecule has 4 aromatic rings. The highest BCUT2D eigenvalue weighted by Gasteiger charge is 2.22.